The number of piperidine rings is 1. The molecule has 5 heteroatoms. The molecule has 118 valence electrons. The number of benzene rings is 1. The number of aryl methyl sites for hydroxylation is 2. The number of nitrogens with zero attached hydrogens (tertiary/aromatic N) is 2. The van der Waals surface area contributed by atoms with Gasteiger partial charge in [0.15, 0.2) is 5.96 Å². The number of likely N-dealkylation sites (tertiary alicyclic amines) is 1. The van der Waals surface area contributed by atoms with Crippen LogP contribution >= 0.6 is 0 Å². The molecule has 1 aliphatic heterocycles. The van der Waals surface area contributed by atoms with Gasteiger partial charge in [-0.1, -0.05) is 6.07 Å². The minimum atomic E-state index is 0.0680. The molecule has 0 unspecified atom stereocenters. The molecule has 3 N–H and O–H groups in total. The lowest BCUT2D eigenvalue weighted by atomic mass is 10.1. The molecule has 22 heavy (non-hydrogen) atoms. The van der Waals surface area contributed by atoms with Crippen LogP contribution in [-0.2, 0) is 17.6 Å². The first-order valence-corrected chi connectivity index (χ1v) is 8.19. The van der Waals surface area contributed by atoms with E-state index in [0.29, 0.717) is 5.96 Å². The number of hydrogen-bond donors (Lipinski definition) is 2. The standard InChI is InChI=1S/C17H24N4O/c18-17(19-12-16(22)21-9-2-1-3-10-21)20-15-8-7-13-5-4-6-14(13)11-15/h7-8,11H,1-6,9-10,12H2,(H3,18,19,20). The molecule has 1 aliphatic carbocycles. The molecule has 1 aromatic rings. The Morgan fingerprint density at radius 3 is 2.73 bits per heavy atom. The van der Waals surface area contributed by atoms with Crippen LogP contribution in [0.25, 0.3) is 0 Å². The third-order valence-corrected chi connectivity index (χ3v) is 4.46. The topological polar surface area (TPSA) is 70.7 Å². The molecule has 0 aromatic heterocycles. The summed E-state index contributed by atoms with van der Waals surface area (Å²) >= 11 is 0. The Bertz CT molecular complexity index is 576. The van der Waals surface area contributed by atoms with E-state index in [2.05, 4.69) is 22.4 Å². The normalized spacial score (nSPS) is 18.2. The monoisotopic (exact) mass is 300 g/mol. The minimum absolute atomic E-state index is 0.0680. The molecular weight excluding hydrogens is 276 g/mol. The highest BCUT2D eigenvalue weighted by Crippen LogP contribution is 2.24. The molecule has 2 aliphatic rings. The first-order valence-electron chi connectivity index (χ1n) is 8.19. The summed E-state index contributed by atoms with van der Waals surface area (Å²) in [7, 11) is 0. The van der Waals surface area contributed by atoms with Crippen molar-refractivity contribution in [3.05, 3.63) is 29.3 Å². The summed E-state index contributed by atoms with van der Waals surface area (Å²) < 4.78 is 0. The quantitative estimate of drug-likeness (QED) is 0.662. The largest absolute Gasteiger partial charge is 0.370 e. The fraction of sp³-hybridized carbons (Fsp3) is 0.529. The number of fused-ring (bicyclic) bond motifs is 1. The number of carbonyl (C=O) groups excluding carboxylic acids is 1. The highest BCUT2D eigenvalue weighted by atomic mass is 16.2. The molecule has 0 saturated carbocycles. The molecule has 1 fully saturated rings. The summed E-state index contributed by atoms with van der Waals surface area (Å²) in [5.41, 5.74) is 9.67. The number of rotatable bonds is 3. The van der Waals surface area contributed by atoms with E-state index in [1.54, 1.807) is 0 Å². The summed E-state index contributed by atoms with van der Waals surface area (Å²) in [6.45, 7) is 1.84. The smallest absolute Gasteiger partial charge is 0.244 e. The van der Waals surface area contributed by atoms with Crippen molar-refractivity contribution < 1.29 is 4.79 Å². The molecule has 5 nitrogen and oxygen atoms in total. The second kappa shape index (κ2) is 6.81. The molecule has 1 saturated heterocycles. The molecule has 0 spiro atoms. The van der Waals surface area contributed by atoms with Crippen LogP contribution in [0.4, 0.5) is 5.69 Å². The van der Waals surface area contributed by atoms with Gasteiger partial charge >= 0.3 is 0 Å². The fourth-order valence-corrected chi connectivity index (χ4v) is 3.23. The second-order valence-corrected chi connectivity index (χ2v) is 6.10. The van der Waals surface area contributed by atoms with Gasteiger partial charge in [0.25, 0.3) is 0 Å². The average Bonchev–Trinajstić information content (AvgIpc) is 3.01. The van der Waals surface area contributed by atoms with E-state index >= 15 is 0 Å². The summed E-state index contributed by atoms with van der Waals surface area (Å²) in [6.07, 6.45) is 6.94. The van der Waals surface area contributed by atoms with Gasteiger partial charge in [0, 0.05) is 18.8 Å². The van der Waals surface area contributed by atoms with Gasteiger partial charge in [-0.2, -0.15) is 0 Å². The predicted molar refractivity (Wildman–Crippen MR) is 89.0 cm³/mol. The average molecular weight is 300 g/mol. The van der Waals surface area contributed by atoms with E-state index in [1.807, 2.05) is 11.0 Å². The summed E-state index contributed by atoms with van der Waals surface area (Å²) in [6, 6.07) is 6.31. The number of guanidine groups is 1. The van der Waals surface area contributed by atoms with Crippen LogP contribution in [-0.4, -0.2) is 36.4 Å². The number of nitrogens with one attached hydrogen (secondary N) is 1. The number of hydrogen-bond acceptors (Lipinski definition) is 2. The summed E-state index contributed by atoms with van der Waals surface area (Å²) in [5, 5.41) is 3.09. The van der Waals surface area contributed by atoms with E-state index in [1.165, 1.54) is 30.4 Å². The molecule has 1 heterocycles. The number of aliphatic imine (C=N–C) groups is 1. The van der Waals surface area contributed by atoms with E-state index in [9.17, 15) is 4.79 Å². The number of anilines is 1. The fourth-order valence-electron chi connectivity index (χ4n) is 3.23. The van der Waals surface area contributed by atoms with Gasteiger partial charge in [-0.3, -0.25) is 4.79 Å². The van der Waals surface area contributed by atoms with Gasteiger partial charge < -0.3 is 16.0 Å². The zero-order valence-corrected chi connectivity index (χ0v) is 13.0. The van der Waals surface area contributed by atoms with E-state index in [0.717, 1.165) is 38.0 Å². The molecule has 0 bridgehead atoms. The van der Waals surface area contributed by atoms with Gasteiger partial charge in [-0.05, 0) is 61.8 Å². The van der Waals surface area contributed by atoms with Crippen molar-refractivity contribution in [3.63, 3.8) is 0 Å². The van der Waals surface area contributed by atoms with Crippen molar-refractivity contribution in [1.82, 2.24) is 4.90 Å². The lowest BCUT2D eigenvalue weighted by Crippen LogP contribution is -2.37. The number of carbonyl (C=O) groups is 1. The lowest BCUT2D eigenvalue weighted by molar-refractivity contribution is -0.130. The third-order valence-electron chi connectivity index (χ3n) is 4.46. The van der Waals surface area contributed by atoms with Crippen molar-refractivity contribution in [3.8, 4) is 0 Å². The molecule has 1 aromatic carbocycles. The number of nitrogens with two attached hydrogens (primary N) is 1. The zero-order valence-electron chi connectivity index (χ0n) is 13.0. The van der Waals surface area contributed by atoms with Crippen molar-refractivity contribution in [2.75, 3.05) is 25.0 Å². The van der Waals surface area contributed by atoms with Gasteiger partial charge in [0.2, 0.25) is 5.91 Å². The highest BCUT2D eigenvalue weighted by Gasteiger charge is 2.16. The molecule has 0 radical (unpaired) electrons. The van der Waals surface area contributed by atoms with E-state index in [-0.39, 0.29) is 12.5 Å². The molecule has 1 amide bonds. The highest BCUT2D eigenvalue weighted by molar-refractivity contribution is 5.94. The Morgan fingerprint density at radius 1 is 1.14 bits per heavy atom. The van der Waals surface area contributed by atoms with Gasteiger partial charge in [0.1, 0.15) is 6.54 Å². The molecule has 3 rings (SSSR count). The predicted octanol–water partition coefficient (Wildman–Crippen LogP) is 1.91. The second-order valence-electron chi connectivity index (χ2n) is 6.10. The van der Waals surface area contributed by atoms with Crippen LogP contribution in [0.5, 0.6) is 0 Å². The maximum atomic E-state index is 12.0. The van der Waals surface area contributed by atoms with Crippen molar-refractivity contribution in [1.29, 1.82) is 0 Å². The molecule has 0 atom stereocenters. The Balaban J connectivity index is 1.54. The summed E-state index contributed by atoms with van der Waals surface area (Å²) in [4.78, 5) is 18.1. The van der Waals surface area contributed by atoms with Crippen molar-refractivity contribution >= 4 is 17.6 Å². The Kier molecular flexibility index (Phi) is 4.61. The maximum Gasteiger partial charge on any atom is 0.244 e. The third kappa shape index (κ3) is 3.59. The van der Waals surface area contributed by atoms with Crippen LogP contribution in [0.1, 0.15) is 36.8 Å². The van der Waals surface area contributed by atoms with Crippen LogP contribution in [0.3, 0.4) is 0 Å². The van der Waals surface area contributed by atoms with Crippen LogP contribution in [0.15, 0.2) is 23.2 Å². The van der Waals surface area contributed by atoms with Crippen LogP contribution < -0.4 is 11.1 Å². The van der Waals surface area contributed by atoms with Gasteiger partial charge in [0.05, 0.1) is 0 Å². The zero-order chi connectivity index (χ0) is 15.4. The first-order chi connectivity index (χ1) is 10.7. The van der Waals surface area contributed by atoms with Gasteiger partial charge in [-0.15, -0.1) is 0 Å². The SMILES string of the molecule is NC(=NCC(=O)N1CCCCC1)Nc1ccc2c(c1)CCC2. The van der Waals surface area contributed by atoms with E-state index < -0.39 is 0 Å². The Hall–Kier alpha value is -2.04. The van der Waals surface area contributed by atoms with E-state index in [4.69, 9.17) is 5.73 Å². The van der Waals surface area contributed by atoms with Crippen molar-refractivity contribution in [2.45, 2.75) is 38.5 Å². The minimum Gasteiger partial charge on any atom is -0.370 e. The Labute approximate surface area is 131 Å². The van der Waals surface area contributed by atoms with Crippen molar-refractivity contribution in [2.24, 2.45) is 10.7 Å². The van der Waals surface area contributed by atoms with Crippen LogP contribution in [0.2, 0.25) is 0 Å². The van der Waals surface area contributed by atoms with Gasteiger partial charge in [-0.25, -0.2) is 4.99 Å². The lowest BCUT2D eigenvalue weighted by Gasteiger charge is -2.26. The number of amides is 1. The van der Waals surface area contributed by atoms with Crippen LogP contribution in [0, 0.1) is 0 Å². The Morgan fingerprint density at radius 2 is 1.91 bits per heavy atom. The summed E-state index contributed by atoms with van der Waals surface area (Å²) in [5.74, 6) is 0.377. The first kappa shape index (κ1) is 14.9. The maximum absolute atomic E-state index is 12.0. The molecular formula is C17H24N4O.